The number of rotatable bonds is 7. The predicted molar refractivity (Wildman–Crippen MR) is 131 cm³/mol. The quantitative estimate of drug-likeness (QED) is 0.436. The standard InChI is InChI=1S/C27H31F6N3O3/c1-17(2)35-8-10-36(11-9-35)24(19-4-5-22-23(14-19)39-16-38-22)25(37)34(3)7-6-18-12-20(26(28,29)30)15-21(13-18)27(31,32)33/h4-5,12-15,17,24H,6-11,16H2,1-3H3. The smallest absolute Gasteiger partial charge is 0.416 e. The third kappa shape index (κ3) is 6.78. The van der Waals surface area contributed by atoms with Crippen LogP contribution in [0.3, 0.4) is 0 Å². The molecule has 6 nitrogen and oxygen atoms in total. The molecule has 2 aromatic rings. The lowest BCUT2D eigenvalue weighted by molar-refractivity contribution is -0.143. The van der Waals surface area contributed by atoms with Crippen molar-refractivity contribution in [2.24, 2.45) is 0 Å². The second-order valence-electron chi connectivity index (χ2n) is 10.1. The van der Waals surface area contributed by atoms with Crippen LogP contribution in [0.15, 0.2) is 36.4 Å². The summed E-state index contributed by atoms with van der Waals surface area (Å²) in [5.41, 5.74) is -2.22. The molecule has 1 amide bonds. The first-order valence-electron chi connectivity index (χ1n) is 12.6. The minimum absolute atomic E-state index is 0.0650. The number of carbonyl (C=O) groups excluding carboxylic acids is 1. The number of ether oxygens (including phenoxy) is 2. The minimum Gasteiger partial charge on any atom is -0.454 e. The molecule has 2 aliphatic rings. The molecule has 1 saturated heterocycles. The van der Waals surface area contributed by atoms with Crippen LogP contribution in [0.1, 0.15) is 42.1 Å². The van der Waals surface area contributed by atoms with E-state index in [0.717, 1.165) is 13.1 Å². The number of benzene rings is 2. The molecular weight excluding hydrogens is 528 g/mol. The van der Waals surface area contributed by atoms with Crippen molar-refractivity contribution in [2.45, 2.75) is 44.7 Å². The van der Waals surface area contributed by atoms with Gasteiger partial charge in [-0.15, -0.1) is 0 Å². The molecule has 39 heavy (non-hydrogen) atoms. The topological polar surface area (TPSA) is 45.2 Å². The van der Waals surface area contributed by atoms with E-state index >= 15 is 0 Å². The molecule has 0 aromatic heterocycles. The summed E-state index contributed by atoms with van der Waals surface area (Å²) in [6, 6.07) is 6.41. The fourth-order valence-electron chi connectivity index (χ4n) is 4.88. The fourth-order valence-corrected chi connectivity index (χ4v) is 4.88. The van der Waals surface area contributed by atoms with Gasteiger partial charge in [0.2, 0.25) is 12.7 Å². The normalized spacial score (nSPS) is 17.5. The van der Waals surface area contributed by atoms with Gasteiger partial charge in [-0.2, -0.15) is 26.3 Å². The summed E-state index contributed by atoms with van der Waals surface area (Å²) >= 11 is 0. The first-order chi connectivity index (χ1) is 18.2. The lowest BCUT2D eigenvalue weighted by Gasteiger charge is -2.41. The van der Waals surface area contributed by atoms with Crippen LogP contribution in [0.2, 0.25) is 0 Å². The number of likely N-dealkylation sites (N-methyl/N-ethyl adjacent to an activating group) is 1. The van der Waals surface area contributed by atoms with E-state index in [4.69, 9.17) is 9.47 Å². The van der Waals surface area contributed by atoms with E-state index in [1.54, 1.807) is 18.2 Å². The van der Waals surface area contributed by atoms with Crippen LogP contribution in [0.4, 0.5) is 26.3 Å². The number of fused-ring (bicyclic) bond motifs is 1. The molecule has 214 valence electrons. The van der Waals surface area contributed by atoms with E-state index in [1.165, 1.54) is 11.9 Å². The van der Waals surface area contributed by atoms with Crippen LogP contribution in [-0.2, 0) is 23.6 Å². The van der Waals surface area contributed by atoms with Gasteiger partial charge >= 0.3 is 12.4 Å². The lowest BCUT2D eigenvalue weighted by Crippen LogP contribution is -2.52. The van der Waals surface area contributed by atoms with Gasteiger partial charge in [0.25, 0.3) is 0 Å². The molecule has 0 spiro atoms. The molecular formula is C27H31F6N3O3. The number of hydrogen-bond acceptors (Lipinski definition) is 5. The summed E-state index contributed by atoms with van der Waals surface area (Å²) in [5.74, 6) is 0.764. The third-order valence-corrected chi connectivity index (χ3v) is 7.15. The number of piperazine rings is 1. The van der Waals surface area contributed by atoms with E-state index < -0.39 is 29.5 Å². The summed E-state index contributed by atoms with van der Waals surface area (Å²) in [4.78, 5) is 19.5. The number of nitrogens with zero attached hydrogens (tertiary/aromatic N) is 3. The molecule has 12 heteroatoms. The first kappa shape index (κ1) is 29.0. The zero-order valence-electron chi connectivity index (χ0n) is 21.9. The average molecular weight is 560 g/mol. The van der Waals surface area contributed by atoms with Gasteiger partial charge in [0.05, 0.1) is 11.1 Å². The Balaban J connectivity index is 1.55. The number of halogens is 6. The average Bonchev–Trinajstić information content (AvgIpc) is 3.34. The van der Waals surface area contributed by atoms with Crippen LogP contribution >= 0.6 is 0 Å². The van der Waals surface area contributed by atoms with Gasteiger partial charge in [0.1, 0.15) is 6.04 Å². The molecule has 2 heterocycles. The number of alkyl halides is 6. The van der Waals surface area contributed by atoms with Crippen molar-refractivity contribution in [1.82, 2.24) is 14.7 Å². The van der Waals surface area contributed by atoms with Crippen molar-refractivity contribution in [2.75, 3.05) is 46.6 Å². The minimum atomic E-state index is -4.93. The Morgan fingerprint density at radius 2 is 1.44 bits per heavy atom. The second kappa shape index (κ2) is 11.2. The third-order valence-electron chi connectivity index (χ3n) is 7.15. The van der Waals surface area contributed by atoms with Gasteiger partial charge in [-0.1, -0.05) is 6.07 Å². The van der Waals surface area contributed by atoms with E-state index in [2.05, 4.69) is 18.7 Å². The van der Waals surface area contributed by atoms with Gasteiger partial charge in [0.15, 0.2) is 11.5 Å². The molecule has 2 aliphatic heterocycles. The highest BCUT2D eigenvalue weighted by atomic mass is 19.4. The molecule has 2 aromatic carbocycles. The molecule has 0 N–H and O–H groups in total. The van der Waals surface area contributed by atoms with Gasteiger partial charge in [-0.25, -0.2) is 0 Å². The highest BCUT2D eigenvalue weighted by molar-refractivity contribution is 5.83. The Morgan fingerprint density at radius 1 is 0.872 bits per heavy atom. The van der Waals surface area contributed by atoms with Gasteiger partial charge in [-0.3, -0.25) is 14.6 Å². The van der Waals surface area contributed by atoms with Gasteiger partial charge < -0.3 is 14.4 Å². The largest absolute Gasteiger partial charge is 0.454 e. The summed E-state index contributed by atoms with van der Waals surface area (Å²) in [6.45, 7) is 6.93. The number of hydrogen-bond donors (Lipinski definition) is 0. The summed E-state index contributed by atoms with van der Waals surface area (Å²) < 4.78 is 90.5. The van der Waals surface area contributed by atoms with E-state index in [9.17, 15) is 31.1 Å². The maximum absolute atomic E-state index is 13.8. The van der Waals surface area contributed by atoms with Crippen LogP contribution in [0, 0.1) is 0 Å². The van der Waals surface area contributed by atoms with Crippen molar-refractivity contribution in [1.29, 1.82) is 0 Å². The first-order valence-corrected chi connectivity index (χ1v) is 12.6. The Kier molecular flexibility index (Phi) is 8.36. The fraction of sp³-hybridized carbons (Fsp3) is 0.519. The SMILES string of the molecule is CC(C)N1CCN(C(C(=O)N(C)CCc2cc(C(F)(F)F)cc(C(F)(F)F)c2)c2ccc3c(c2)OCO3)CC1. The summed E-state index contributed by atoms with van der Waals surface area (Å²) in [6.07, 6.45) is -10.0. The van der Waals surface area contributed by atoms with Gasteiger partial charge in [0, 0.05) is 45.8 Å². The van der Waals surface area contributed by atoms with Crippen molar-refractivity contribution >= 4 is 5.91 Å². The predicted octanol–water partition coefficient (Wildman–Crippen LogP) is 5.22. The van der Waals surface area contributed by atoms with E-state index in [1.807, 2.05) is 4.90 Å². The Bertz CT molecular complexity index is 1140. The molecule has 0 bridgehead atoms. The second-order valence-corrected chi connectivity index (χ2v) is 10.1. The van der Waals surface area contributed by atoms with Crippen molar-refractivity contribution in [3.63, 3.8) is 0 Å². The summed E-state index contributed by atoms with van der Waals surface area (Å²) in [7, 11) is 1.50. The Morgan fingerprint density at radius 3 is 2.00 bits per heavy atom. The number of amides is 1. The van der Waals surface area contributed by atoms with Crippen molar-refractivity contribution in [3.05, 3.63) is 58.7 Å². The van der Waals surface area contributed by atoms with E-state index in [0.29, 0.717) is 48.3 Å². The molecule has 1 atom stereocenters. The molecule has 1 unspecified atom stereocenters. The Hall–Kier alpha value is -2.99. The van der Waals surface area contributed by atoms with Crippen molar-refractivity contribution in [3.8, 4) is 11.5 Å². The summed E-state index contributed by atoms with van der Waals surface area (Å²) in [5, 5.41) is 0. The van der Waals surface area contributed by atoms with Crippen LogP contribution < -0.4 is 9.47 Å². The maximum atomic E-state index is 13.8. The van der Waals surface area contributed by atoms with E-state index in [-0.39, 0.29) is 37.3 Å². The zero-order chi connectivity index (χ0) is 28.5. The molecule has 0 saturated carbocycles. The Labute approximate surface area is 223 Å². The molecule has 0 aliphatic carbocycles. The van der Waals surface area contributed by atoms with Crippen LogP contribution in [0.25, 0.3) is 0 Å². The molecule has 4 rings (SSSR count). The zero-order valence-corrected chi connectivity index (χ0v) is 21.9. The maximum Gasteiger partial charge on any atom is 0.416 e. The number of carbonyl (C=O) groups is 1. The highest BCUT2D eigenvalue weighted by Crippen LogP contribution is 2.38. The van der Waals surface area contributed by atoms with Crippen LogP contribution in [0.5, 0.6) is 11.5 Å². The monoisotopic (exact) mass is 559 g/mol. The van der Waals surface area contributed by atoms with Crippen molar-refractivity contribution < 1.29 is 40.6 Å². The lowest BCUT2D eigenvalue weighted by atomic mass is 10.0. The molecule has 0 radical (unpaired) electrons. The molecule has 1 fully saturated rings. The van der Waals surface area contributed by atoms with Gasteiger partial charge in [-0.05, 0) is 61.7 Å². The highest BCUT2D eigenvalue weighted by Gasteiger charge is 2.37. The van der Waals surface area contributed by atoms with Crippen LogP contribution in [-0.4, -0.2) is 73.2 Å².